The fraction of sp³-hybridized carbons (Fsp3) is 0.529. The Hall–Kier alpha value is -1.68. The number of rotatable bonds is 6. The highest BCUT2D eigenvalue weighted by Crippen LogP contribution is 2.17. The Morgan fingerprint density at radius 1 is 1.29 bits per heavy atom. The molecule has 1 aromatic carbocycles. The topological polar surface area (TPSA) is 46.6 Å². The highest BCUT2D eigenvalue weighted by atomic mass is 16.5. The Morgan fingerprint density at radius 3 is 2.62 bits per heavy atom. The normalized spacial score (nSPS) is 19.5. The van der Waals surface area contributed by atoms with Crippen molar-refractivity contribution in [2.24, 2.45) is 5.92 Å². The van der Waals surface area contributed by atoms with Gasteiger partial charge in [-0.15, -0.1) is 0 Å². The minimum absolute atomic E-state index is 0.0897. The quantitative estimate of drug-likeness (QED) is 0.755. The molecular weight excluding hydrogens is 266 g/mol. The molecule has 4 heteroatoms. The summed E-state index contributed by atoms with van der Waals surface area (Å²) in [4.78, 5) is 26.1. The van der Waals surface area contributed by atoms with Crippen LogP contribution < -0.4 is 4.74 Å². The van der Waals surface area contributed by atoms with Crippen LogP contribution in [0.25, 0.3) is 0 Å². The van der Waals surface area contributed by atoms with Gasteiger partial charge in [0.25, 0.3) is 0 Å². The molecule has 1 unspecified atom stereocenters. The van der Waals surface area contributed by atoms with Gasteiger partial charge >= 0.3 is 0 Å². The van der Waals surface area contributed by atoms with Crippen LogP contribution in [0.15, 0.2) is 24.3 Å². The zero-order valence-electron chi connectivity index (χ0n) is 12.8. The minimum Gasteiger partial charge on any atom is -0.494 e. The highest BCUT2D eigenvalue weighted by molar-refractivity contribution is 5.97. The molecule has 0 aliphatic carbocycles. The van der Waals surface area contributed by atoms with Crippen LogP contribution in [0.3, 0.4) is 0 Å². The molecule has 0 saturated carbocycles. The van der Waals surface area contributed by atoms with Crippen LogP contribution in [-0.2, 0) is 4.79 Å². The maximum atomic E-state index is 12.3. The number of carbonyl (C=O) groups excluding carboxylic acids is 2. The molecule has 0 spiro atoms. The molecule has 1 aliphatic rings. The van der Waals surface area contributed by atoms with Crippen molar-refractivity contribution < 1.29 is 14.3 Å². The lowest BCUT2D eigenvalue weighted by atomic mass is 9.94. The second kappa shape index (κ2) is 7.36. The average Bonchev–Trinajstić information content (AvgIpc) is 2.50. The van der Waals surface area contributed by atoms with Crippen molar-refractivity contribution in [3.8, 4) is 5.75 Å². The van der Waals surface area contributed by atoms with Crippen LogP contribution in [0.4, 0.5) is 0 Å². The molecule has 1 aliphatic heterocycles. The van der Waals surface area contributed by atoms with Crippen LogP contribution in [0.2, 0.25) is 0 Å². The Labute approximate surface area is 126 Å². The number of nitrogens with zero attached hydrogens (tertiary/aromatic N) is 1. The zero-order chi connectivity index (χ0) is 15.2. The lowest BCUT2D eigenvalue weighted by Crippen LogP contribution is -2.42. The third kappa shape index (κ3) is 4.14. The highest BCUT2D eigenvalue weighted by Gasteiger charge is 2.26. The van der Waals surface area contributed by atoms with Crippen molar-refractivity contribution in [2.75, 3.05) is 26.2 Å². The fourth-order valence-electron chi connectivity index (χ4n) is 2.68. The van der Waals surface area contributed by atoms with E-state index in [4.69, 9.17) is 4.74 Å². The van der Waals surface area contributed by atoms with Gasteiger partial charge in [0.05, 0.1) is 13.2 Å². The molecule has 0 bridgehead atoms. The molecule has 1 heterocycles. The summed E-state index contributed by atoms with van der Waals surface area (Å²) in [6.45, 7) is 6.36. The number of piperidine rings is 1. The van der Waals surface area contributed by atoms with Crippen molar-refractivity contribution in [2.45, 2.75) is 26.7 Å². The van der Waals surface area contributed by atoms with Gasteiger partial charge < -0.3 is 4.74 Å². The lowest BCUT2D eigenvalue weighted by molar-refractivity contribution is -0.126. The van der Waals surface area contributed by atoms with Crippen molar-refractivity contribution in [1.29, 1.82) is 0 Å². The van der Waals surface area contributed by atoms with E-state index in [-0.39, 0.29) is 11.7 Å². The SMILES string of the molecule is CCOc1ccc(C(=O)CN2CCC(=O)C(CC)C2)cc1. The number of hydrogen-bond donors (Lipinski definition) is 0. The largest absolute Gasteiger partial charge is 0.494 e. The van der Waals surface area contributed by atoms with Crippen molar-refractivity contribution >= 4 is 11.6 Å². The van der Waals surface area contributed by atoms with Gasteiger partial charge in [-0.3, -0.25) is 14.5 Å². The van der Waals surface area contributed by atoms with E-state index in [0.29, 0.717) is 44.0 Å². The summed E-state index contributed by atoms with van der Waals surface area (Å²) >= 11 is 0. The summed E-state index contributed by atoms with van der Waals surface area (Å²) in [7, 11) is 0. The molecule has 1 atom stereocenters. The summed E-state index contributed by atoms with van der Waals surface area (Å²) in [6.07, 6.45) is 1.42. The fourth-order valence-corrected chi connectivity index (χ4v) is 2.68. The van der Waals surface area contributed by atoms with E-state index >= 15 is 0 Å². The number of ketones is 2. The molecule has 0 amide bonds. The molecule has 1 aromatic rings. The standard InChI is InChI=1S/C17H23NO3/c1-3-13-11-18(10-9-16(13)19)12-17(20)14-5-7-15(8-6-14)21-4-2/h5-8,13H,3-4,9-12H2,1-2H3. The number of likely N-dealkylation sites (tertiary alicyclic amines) is 1. The van der Waals surface area contributed by atoms with E-state index in [9.17, 15) is 9.59 Å². The second-order valence-electron chi connectivity index (χ2n) is 5.44. The molecule has 0 radical (unpaired) electrons. The summed E-state index contributed by atoms with van der Waals surface area (Å²) in [5, 5.41) is 0. The maximum absolute atomic E-state index is 12.3. The molecule has 21 heavy (non-hydrogen) atoms. The molecule has 114 valence electrons. The number of benzene rings is 1. The van der Waals surface area contributed by atoms with Gasteiger partial charge in [0.2, 0.25) is 0 Å². The zero-order valence-corrected chi connectivity index (χ0v) is 12.8. The third-order valence-electron chi connectivity index (χ3n) is 3.96. The number of hydrogen-bond acceptors (Lipinski definition) is 4. The Balaban J connectivity index is 1.93. The van der Waals surface area contributed by atoms with E-state index in [2.05, 4.69) is 4.90 Å². The Bertz CT molecular complexity index is 495. The summed E-state index contributed by atoms with van der Waals surface area (Å²) < 4.78 is 5.37. The summed E-state index contributed by atoms with van der Waals surface area (Å²) in [5.74, 6) is 1.31. The lowest BCUT2D eigenvalue weighted by Gasteiger charge is -2.30. The van der Waals surface area contributed by atoms with Crippen LogP contribution in [0.1, 0.15) is 37.0 Å². The summed E-state index contributed by atoms with van der Waals surface area (Å²) in [5.41, 5.74) is 0.698. The first kappa shape index (κ1) is 15.7. The molecule has 1 saturated heterocycles. The second-order valence-corrected chi connectivity index (χ2v) is 5.44. The van der Waals surface area contributed by atoms with E-state index in [1.54, 1.807) is 12.1 Å². The van der Waals surface area contributed by atoms with Crippen molar-refractivity contribution in [3.63, 3.8) is 0 Å². The van der Waals surface area contributed by atoms with Gasteiger partial charge in [-0.05, 0) is 37.6 Å². The molecule has 2 rings (SSSR count). The van der Waals surface area contributed by atoms with Crippen molar-refractivity contribution in [3.05, 3.63) is 29.8 Å². The van der Waals surface area contributed by atoms with Gasteiger partial charge in [-0.2, -0.15) is 0 Å². The van der Waals surface area contributed by atoms with Crippen LogP contribution in [0, 0.1) is 5.92 Å². The Kier molecular flexibility index (Phi) is 5.51. The number of Topliss-reactive ketones (excluding diaryl/α,β-unsaturated/α-hetero) is 2. The molecule has 0 aromatic heterocycles. The molecule has 1 fully saturated rings. The van der Waals surface area contributed by atoms with E-state index in [0.717, 1.165) is 12.2 Å². The molecule has 4 nitrogen and oxygen atoms in total. The van der Waals surface area contributed by atoms with E-state index < -0.39 is 0 Å². The van der Waals surface area contributed by atoms with E-state index in [1.807, 2.05) is 26.0 Å². The first-order valence-corrected chi connectivity index (χ1v) is 7.65. The van der Waals surface area contributed by atoms with Gasteiger partial charge in [0, 0.05) is 31.0 Å². The van der Waals surface area contributed by atoms with E-state index in [1.165, 1.54) is 0 Å². The monoisotopic (exact) mass is 289 g/mol. The van der Waals surface area contributed by atoms with Gasteiger partial charge in [-0.1, -0.05) is 6.92 Å². The van der Waals surface area contributed by atoms with Crippen LogP contribution >= 0.6 is 0 Å². The van der Waals surface area contributed by atoms with Gasteiger partial charge in [0.15, 0.2) is 5.78 Å². The predicted molar refractivity (Wildman–Crippen MR) is 81.8 cm³/mol. The van der Waals surface area contributed by atoms with Crippen molar-refractivity contribution in [1.82, 2.24) is 4.90 Å². The maximum Gasteiger partial charge on any atom is 0.176 e. The Morgan fingerprint density at radius 2 is 2.00 bits per heavy atom. The summed E-state index contributed by atoms with van der Waals surface area (Å²) in [6, 6.07) is 7.26. The molecule has 0 N–H and O–H groups in total. The van der Waals surface area contributed by atoms with Crippen LogP contribution in [0.5, 0.6) is 5.75 Å². The van der Waals surface area contributed by atoms with Gasteiger partial charge in [-0.25, -0.2) is 0 Å². The van der Waals surface area contributed by atoms with Crippen LogP contribution in [-0.4, -0.2) is 42.7 Å². The third-order valence-corrected chi connectivity index (χ3v) is 3.96. The average molecular weight is 289 g/mol. The molecular formula is C17H23NO3. The number of carbonyl (C=O) groups is 2. The minimum atomic E-state index is 0.0897. The first-order chi connectivity index (χ1) is 10.1. The predicted octanol–water partition coefficient (Wildman–Crippen LogP) is 2.57. The number of ether oxygens (including phenoxy) is 1. The smallest absolute Gasteiger partial charge is 0.176 e. The first-order valence-electron chi connectivity index (χ1n) is 7.65. The van der Waals surface area contributed by atoms with Gasteiger partial charge in [0.1, 0.15) is 11.5 Å².